The molecule has 7 heteroatoms. The number of anilines is 2. The van der Waals surface area contributed by atoms with Crippen LogP contribution in [0.1, 0.15) is 22.5 Å². The maximum Gasteiger partial charge on any atom is 0.257 e. The van der Waals surface area contributed by atoms with Crippen LogP contribution in [0.25, 0.3) is 5.65 Å². The molecule has 1 atom stereocenters. The van der Waals surface area contributed by atoms with Crippen LogP contribution in [0.2, 0.25) is 0 Å². The van der Waals surface area contributed by atoms with Crippen molar-refractivity contribution in [1.82, 2.24) is 19.3 Å². The van der Waals surface area contributed by atoms with Gasteiger partial charge in [0.15, 0.2) is 0 Å². The van der Waals surface area contributed by atoms with Crippen molar-refractivity contribution in [2.45, 2.75) is 19.4 Å². The molecule has 0 bridgehead atoms. The number of carbonyl (C=O) groups excluding carboxylic acids is 1. The van der Waals surface area contributed by atoms with Crippen molar-refractivity contribution in [3.63, 3.8) is 0 Å². The van der Waals surface area contributed by atoms with Crippen LogP contribution in [-0.4, -0.2) is 58.4 Å². The lowest BCUT2D eigenvalue weighted by Crippen LogP contribution is -2.31. The first-order valence-electron chi connectivity index (χ1n) is 9.14. The lowest BCUT2D eigenvalue weighted by molar-refractivity contribution is 0.102. The highest BCUT2D eigenvalue weighted by molar-refractivity contribution is 6.04. The first-order chi connectivity index (χ1) is 13.0. The Labute approximate surface area is 158 Å². The van der Waals surface area contributed by atoms with E-state index in [-0.39, 0.29) is 5.91 Å². The van der Waals surface area contributed by atoms with E-state index in [4.69, 9.17) is 0 Å². The third-order valence-corrected chi connectivity index (χ3v) is 5.09. The number of nitrogens with zero attached hydrogens (tertiary/aromatic N) is 5. The Hall–Kier alpha value is -2.93. The van der Waals surface area contributed by atoms with E-state index in [1.807, 2.05) is 42.0 Å². The number of pyridine rings is 2. The number of aromatic nitrogens is 3. The number of nitrogens with one attached hydrogen (secondary N) is 1. The van der Waals surface area contributed by atoms with Crippen molar-refractivity contribution in [3.05, 3.63) is 54.1 Å². The molecule has 140 valence electrons. The minimum absolute atomic E-state index is 0.188. The number of hydrogen-bond donors (Lipinski definition) is 1. The molecule has 1 aliphatic rings. The molecule has 27 heavy (non-hydrogen) atoms. The monoisotopic (exact) mass is 364 g/mol. The molecule has 0 spiro atoms. The first-order valence-corrected chi connectivity index (χ1v) is 9.14. The Kier molecular flexibility index (Phi) is 4.53. The van der Waals surface area contributed by atoms with Gasteiger partial charge in [-0.3, -0.25) is 4.79 Å². The molecular formula is C20H24N6O. The molecule has 4 heterocycles. The van der Waals surface area contributed by atoms with Crippen molar-refractivity contribution in [1.29, 1.82) is 0 Å². The second-order valence-corrected chi connectivity index (χ2v) is 7.27. The van der Waals surface area contributed by atoms with Crippen LogP contribution in [-0.2, 0) is 0 Å². The Morgan fingerprint density at radius 3 is 2.85 bits per heavy atom. The molecule has 1 saturated heterocycles. The van der Waals surface area contributed by atoms with Gasteiger partial charge in [-0.1, -0.05) is 0 Å². The van der Waals surface area contributed by atoms with Gasteiger partial charge in [0.25, 0.3) is 5.91 Å². The molecule has 0 aromatic carbocycles. The second kappa shape index (κ2) is 7.00. The van der Waals surface area contributed by atoms with E-state index in [0.29, 0.717) is 17.4 Å². The fourth-order valence-corrected chi connectivity index (χ4v) is 3.48. The zero-order valence-corrected chi connectivity index (χ0v) is 15.9. The molecule has 3 aromatic heterocycles. The van der Waals surface area contributed by atoms with Gasteiger partial charge in [-0.2, -0.15) is 0 Å². The fraction of sp³-hybridized carbons (Fsp3) is 0.350. The van der Waals surface area contributed by atoms with Gasteiger partial charge in [0, 0.05) is 37.1 Å². The van der Waals surface area contributed by atoms with Crippen LogP contribution in [0.4, 0.5) is 11.5 Å². The third kappa shape index (κ3) is 3.64. The summed E-state index contributed by atoms with van der Waals surface area (Å²) in [5.74, 6) is 0.360. The van der Waals surface area contributed by atoms with E-state index < -0.39 is 0 Å². The summed E-state index contributed by atoms with van der Waals surface area (Å²) >= 11 is 0. The number of hydrogen-bond acceptors (Lipinski definition) is 5. The fourth-order valence-electron chi connectivity index (χ4n) is 3.48. The number of imidazole rings is 1. The van der Waals surface area contributed by atoms with Gasteiger partial charge in [-0.05, 0) is 51.7 Å². The van der Waals surface area contributed by atoms with Crippen LogP contribution in [0.5, 0.6) is 0 Å². The average Bonchev–Trinajstić information content (AvgIpc) is 3.27. The zero-order chi connectivity index (χ0) is 19.0. The summed E-state index contributed by atoms with van der Waals surface area (Å²) in [5, 5.41) is 2.86. The topological polar surface area (TPSA) is 65.8 Å². The highest BCUT2D eigenvalue weighted by Gasteiger charge is 2.24. The number of carbonyl (C=O) groups is 1. The van der Waals surface area contributed by atoms with Crippen molar-refractivity contribution in [2.24, 2.45) is 0 Å². The lowest BCUT2D eigenvalue weighted by Gasteiger charge is -2.21. The standard InChI is InChI=1S/C20H24N6O/c1-14-12-26-8-6-15(10-19(26)22-14)20(27)23-18-5-4-16(11-21-18)25-9-7-17(13-25)24(2)3/h4-6,8,10-12,17H,7,9,13H2,1-3H3,(H,21,23,27). The number of fused-ring (bicyclic) bond motifs is 1. The number of amides is 1. The summed E-state index contributed by atoms with van der Waals surface area (Å²) in [7, 11) is 4.24. The van der Waals surface area contributed by atoms with Crippen molar-refractivity contribution in [2.75, 3.05) is 37.4 Å². The van der Waals surface area contributed by atoms with E-state index in [9.17, 15) is 4.79 Å². The smallest absolute Gasteiger partial charge is 0.257 e. The maximum absolute atomic E-state index is 12.5. The predicted molar refractivity (Wildman–Crippen MR) is 106 cm³/mol. The molecule has 0 aliphatic carbocycles. The quantitative estimate of drug-likeness (QED) is 0.770. The summed E-state index contributed by atoms with van der Waals surface area (Å²) in [6.45, 7) is 3.96. The van der Waals surface area contributed by atoms with Crippen molar-refractivity contribution >= 4 is 23.1 Å². The highest BCUT2D eigenvalue weighted by atomic mass is 16.1. The molecule has 1 unspecified atom stereocenters. The molecule has 1 amide bonds. The Morgan fingerprint density at radius 1 is 1.30 bits per heavy atom. The minimum Gasteiger partial charge on any atom is -0.369 e. The van der Waals surface area contributed by atoms with E-state index in [1.54, 1.807) is 12.1 Å². The summed E-state index contributed by atoms with van der Waals surface area (Å²) in [5.41, 5.74) is 3.33. The third-order valence-electron chi connectivity index (χ3n) is 5.09. The molecule has 0 radical (unpaired) electrons. The predicted octanol–water partition coefficient (Wildman–Crippen LogP) is 2.43. The van der Waals surface area contributed by atoms with E-state index in [1.165, 1.54) is 0 Å². The molecular weight excluding hydrogens is 340 g/mol. The SMILES string of the molecule is Cc1cn2ccc(C(=O)Nc3ccc(N4CCC(N(C)C)C4)cn3)cc2n1. The first kappa shape index (κ1) is 17.5. The van der Waals surface area contributed by atoms with E-state index in [0.717, 1.165) is 36.5 Å². The Balaban J connectivity index is 1.43. The largest absolute Gasteiger partial charge is 0.369 e. The molecule has 4 rings (SSSR count). The van der Waals surface area contributed by atoms with E-state index in [2.05, 4.69) is 39.2 Å². The summed E-state index contributed by atoms with van der Waals surface area (Å²) in [6, 6.07) is 8.01. The van der Waals surface area contributed by atoms with Gasteiger partial charge in [0.2, 0.25) is 0 Å². The zero-order valence-electron chi connectivity index (χ0n) is 15.9. The minimum atomic E-state index is -0.188. The molecule has 0 saturated carbocycles. The van der Waals surface area contributed by atoms with Gasteiger partial charge in [-0.25, -0.2) is 9.97 Å². The molecule has 1 N–H and O–H groups in total. The number of rotatable bonds is 4. The molecule has 1 fully saturated rings. The molecule has 3 aromatic rings. The normalized spacial score (nSPS) is 17.0. The van der Waals surface area contributed by atoms with E-state index >= 15 is 0 Å². The van der Waals surface area contributed by atoms with Crippen LogP contribution >= 0.6 is 0 Å². The second-order valence-electron chi connectivity index (χ2n) is 7.27. The van der Waals surface area contributed by atoms with Crippen molar-refractivity contribution in [3.8, 4) is 0 Å². The average molecular weight is 364 g/mol. The van der Waals surface area contributed by atoms with Gasteiger partial charge in [0.1, 0.15) is 11.5 Å². The Morgan fingerprint density at radius 2 is 2.15 bits per heavy atom. The number of aryl methyl sites for hydroxylation is 1. The van der Waals surface area contributed by atoms with Crippen LogP contribution in [0, 0.1) is 6.92 Å². The molecule has 7 nitrogen and oxygen atoms in total. The summed E-state index contributed by atoms with van der Waals surface area (Å²) in [4.78, 5) is 25.9. The van der Waals surface area contributed by atoms with Crippen LogP contribution in [0.3, 0.4) is 0 Å². The van der Waals surface area contributed by atoms with Crippen LogP contribution < -0.4 is 10.2 Å². The van der Waals surface area contributed by atoms with Crippen molar-refractivity contribution < 1.29 is 4.79 Å². The van der Waals surface area contributed by atoms with Gasteiger partial charge in [0.05, 0.1) is 17.6 Å². The summed E-state index contributed by atoms with van der Waals surface area (Å²) < 4.78 is 1.90. The molecule has 1 aliphatic heterocycles. The maximum atomic E-state index is 12.5. The highest BCUT2D eigenvalue weighted by Crippen LogP contribution is 2.22. The number of likely N-dealkylation sites (N-methyl/N-ethyl adjacent to an activating group) is 1. The lowest BCUT2D eigenvalue weighted by atomic mass is 10.2. The van der Waals surface area contributed by atoms with Gasteiger partial charge < -0.3 is 19.5 Å². The summed E-state index contributed by atoms with van der Waals surface area (Å²) in [6.07, 6.45) is 6.75. The van der Waals surface area contributed by atoms with Gasteiger partial charge in [-0.15, -0.1) is 0 Å². The van der Waals surface area contributed by atoms with Gasteiger partial charge >= 0.3 is 0 Å². The Bertz CT molecular complexity index is 962. The van der Waals surface area contributed by atoms with Crippen LogP contribution in [0.15, 0.2) is 42.9 Å².